The highest BCUT2D eigenvalue weighted by Gasteiger charge is 2.05. The number of rotatable bonds is 3. The molecule has 2 rings (SSSR count). The van der Waals surface area contributed by atoms with Crippen LogP contribution in [0.15, 0.2) is 33.8 Å². The van der Waals surface area contributed by atoms with E-state index in [1.54, 1.807) is 18.2 Å². The number of amides is 1. The minimum Gasteiger partial charge on any atom is -0.370 e. The summed E-state index contributed by atoms with van der Waals surface area (Å²) in [4.78, 5) is 26.8. The molecule has 6 heteroatoms. The van der Waals surface area contributed by atoms with Crippen molar-refractivity contribution in [1.82, 2.24) is 9.55 Å². The lowest BCUT2D eigenvalue weighted by Crippen LogP contribution is -2.23. The second kappa shape index (κ2) is 4.67. The van der Waals surface area contributed by atoms with Gasteiger partial charge in [0.2, 0.25) is 5.91 Å². The Morgan fingerprint density at radius 3 is 2.94 bits per heavy atom. The topological polar surface area (TPSA) is 78.0 Å². The number of hydrogen-bond donors (Lipinski definition) is 1. The Labute approximate surface area is 105 Å². The number of halogens is 1. The summed E-state index contributed by atoms with van der Waals surface area (Å²) in [7, 11) is 0. The maximum atomic E-state index is 12.0. The third-order valence-corrected chi connectivity index (χ3v) is 2.88. The molecule has 0 radical (unpaired) electrons. The van der Waals surface area contributed by atoms with Gasteiger partial charge in [-0.05, 0) is 18.2 Å². The van der Waals surface area contributed by atoms with Crippen LogP contribution in [0, 0.1) is 0 Å². The van der Waals surface area contributed by atoms with Crippen LogP contribution in [0.3, 0.4) is 0 Å². The number of fused-ring (bicyclic) bond motifs is 1. The number of carbonyl (C=O) groups excluding carboxylic acids is 1. The molecule has 1 heterocycles. The molecule has 0 saturated heterocycles. The number of carbonyl (C=O) groups is 1. The number of benzene rings is 1. The fraction of sp³-hybridized carbons (Fsp3) is 0.182. The molecule has 0 aliphatic rings. The molecule has 88 valence electrons. The van der Waals surface area contributed by atoms with Crippen LogP contribution in [0.4, 0.5) is 0 Å². The Balaban J connectivity index is 2.47. The summed E-state index contributed by atoms with van der Waals surface area (Å²) < 4.78 is 2.26. The predicted molar refractivity (Wildman–Crippen MR) is 67.5 cm³/mol. The molecule has 0 atom stereocenters. The summed E-state index contributed by atoms with van der Waals surface area (Å²) >= 11 is 3.32. The molecule has 2 aromatic rings. The molecular formula is C11H10BrN3O2. The Kier molecular flexibility index (Phi) is 3.23. The monoisotopic (exact) mass is 295 g/mol. The Morgan fingerprint density at radius 1 is 1.47 bits per heavy atom. The first-order chi connectivity index (χ1) is 8.08. The van der Waals surface area contributed by atoms with Gasteiger partial charge in [0.25, 0.3) is 5.56 Å². The summed E-state index contributed by atoms with van der Waals surface area (Å²) in [5.41, 5.74) is 5.50. The van der Waals surface area contributed by atoms with Crippen molar-refractivity contribution in [3.05, 3.63) is 39.4 Å². The summed E-state index contributed by atoms with van der Waals surface area (Å²) in [6, 6.07) is 5.26. The number of primary amides is 1. The van der Waals surface area contributed by atoms with Gasteiger partial charge in [0.05, 0.1) is 17.2 Å². The Bertz CT molecular complexity index is 636. The molecule has 5 nitrogen and oxygen atoms in total. The van der Waals surface area contributed by atoms with Crippen molar-refractivity contribution in [3.63, 3.8) is 0 Å². The molecule has 0 bridgehead atoms. The fourth-order valence-electron chi connectivity index (χ4n) is 1.52. The lowest BCUT2D eigenvalue weighted by Gasteiger charge is -2.05. The normalized spacial score (nSPS) is 10.6. The molecule has 0 spiro atoms. The van der Waals surface area contributed by atoms with Crippen molar-refractivity contribution in [2.75, 3.05) is 0 Å². The highest BCUT2D eigenvalue weighted by Crippen LogP contribution is 2.14. The van der Waals surface area contributed by atoms with Gasteiger partial charge in [-0.3, -0.25) is 14.2 Å². The van der Waals surface area contributed by atoms with Gasteiger partial charge in [0.1, 0.15) is 0 Å². The van der Waals surface area contributed by atoms with Gasteiger partial charge in [-0.25, -0.2) is 4.98 Å². The highest BCUT2D eigenvalue weighted by molar-refractivity contribution is 9.10. The summed E-state index contributed by atoms with van der Waals surface area (Å²) in [5, 5.41) is 0.528. The zero-order valence-corrected chi connectivity index (χ0v) is 10.5. The second-order valence-electron chi connectivity index (χ2n) is 3.62. The van der Waals surface area contributed by atoms with Crippen LogP contribution in [0.2, 0.25) is 0 Å². The Hall–Kier alpha value is -1.69. The van der Waals surface area contributed by atoms with E-state index in [1.165, 1.54) is 10.9 Å². The van der Waals surface area contributed by atoms with E-state index in [9.17, 15) is 9.59 Å². The molecular weight excluding hydrogens is 286 g/mol. The maximum absolute atomic E-state index is 12.0. The van der Waals surface area contributed by atoms with Crippen LogP contribution < -0.4 is 11.3 Å². The highest BCUT2D eigenvalue weighted by atomic mass is 79.9. The number of aryl methyl sites for hydroxylation is 1. The van der Waals surface area contributed by atoms with Gasteiger partial charge >= 0.3 is 0 Å². The van der Waals surface area contributed by atoms with Gasteiger partial charge < -0.3 is 5.73 Å². The van der Waals surface area contributed by atoms with Gasteiger partial charge in [-0.15, -0.1) is 0 Å². The first kappa shape index (κ1) is 11.8. The third kappa shape index (κ3) is 2.52. The van der Waals surface area contributed by atoms with E-state index in [2.05, 4.69) is 20.9 Å². The molecule has 1 aromatic heterocycles. The average Bonchev–Trinajstić information content (AvgIpc) is 2.27. The standard InChI is InChI=1S/C11H10BrN3O2/c12-7-1-2-8-9(5-7)14-6-15(11(8)17)4-3-10(13)16/h1-2,5-6H,3-4H2,(H2,13,16). The molecule has 0 unspecified atom stereocenters. The zero-order chi connectivity index (χ0) is 12.4. The van der Waals surface area contributed by atoms with Gasteiger partial charge in [-0.2, -0.15) is 0 Å². The van der Waals surface area contributed by atoms with Crippen molar-refractivity contribution >= 4 is 32.7 Å². The van der Waals surface area contributed by atoms with Crippen molar-refractivity contribution < 1.29 is 4.79 Å². The number of nitrogens with two attached hydrogens (primary N) is 1. The van der Waals surface area contributed by atoms with Gasteiger partial charge in [0, 0.05) is 17.4 Å². The predicted octanol–water partition coefficient (Wildman–Crippen LogP) is 1.03. The number of hydrogen-bond acceptors (Lipinski definition) is 3. The van der Waals surface area contributed by atoms with Crippen molar-refractivity contribution in [1.29, 1.82) is 0 Å². The van der Waals surface area contributed by atoms with Crippen LogP contribution >= 0.6 is 15.9 Å². The van der Waals surface area contributed by atoms with E-state index in [0.717, 1.165) is 4.47 Å². The lowest BCUT2D eigenvalue weighted by atomic mass is 10.2. The maximum Gasteiger partial charge on any atom is 0.261 e. The summed E-state index contributed by atoms with van der Waals surface area (Å²) in [6.45, 7) is 0.257. The van der Waals surface area contributed by atoms with E-state index in [4.69, 9.17) is 5.73 Å². The first-order valence-electron chi connectivity index (χ1n) is 5.01. The molecule has 0 fully saturated rings. The van der Waals surface area contributed by atoms with Crippen LogP contribution in [-0.4, -0.2) is 15.5 Å². The van der Waals surface area contributed by atoms with E-state index in [1.807, 2.05) is 0 Å². The van der Waals surface area contributed by atoms with Crippen molar-refractivity contribution in [3.8, 4) is 0 Å². The molecule has 0 aliphatic carbocycles. The minimum absolute atomic E-state index is 0.129. The third-order valence-electron chi connectivity index (χ3n) is 2.39. The summed E-state index contributed by atoms with van der Waals surface area (Å²) in [5.74, 6) is -0.437. The van der Waals surface area contributed by atoms with E-state index < -0.39 is 5.91 Å². The molecule has 1 amide bonds. The Morgan fingerprint density at radius 2 is 2.24 bits per heavy atom. The second-order valence-corrected chi connectivity index (χ2v) is 4.54. The van der Waals surface area contributed by atoms with Crippen LogP contribution in [0.5, 0.6) is 0 Å². The van der Waals surface area contributed by atoms with Crippen molar-refractivity contribution in [2.24, 2.45) is 5.73 Å². The van der Waals surface area contributed by atoms with Crippen molar-refractivity contribution in [2.45, 2.75) is 13.0 Å². The number of nitrogens with zero attached hydrogens (tertiary/aromatic N) is 2. The number of aromatic nitrogens is 2. The first-order valence-corrected chi connectivity index (χ1v) is 5.80. The average molecular weight is 296 g/mol. The van der Waals surface area contributed by atoms with E-state index >= 15 is 0 Å². The summed E-state index contributed by atoms with van der Waals surface area (Å²) in [6.07, 6.45) is 1.56. The molecule has 2 N–H and O–H groups in total. The van der Waals surface area contributed by atoms with E-state index in [0.29, 0.717) is 10.9 Å². The van der Waals surface area contributed by atoms with Crippen LogP contribution in [0.1, 0.15) is 6.42 Å². The molecule has 17 heavy (non-hydrogen) atoms. The largest absolute Gasteiger partial charge is 0.370 e. The molecule has 0 aliphatic heterocycles. The van der Waals surface area contributed by atoms with Crippen LogP contribution in [-0.2, 0) is 11.3 Å². The quantitative estimate of drug-likeness (QED) is 0.919. The lowest BCUT2D eigenvalue weighted by molar-refractivity contribution is -0.118. The van der Waals surface area contributed by atoms with E-state index in [-0.39, 0.29) is 18.5 Å². The zero-order valence-electron chi connectivity index (χ0n) is 8.89. The minimum atomic E-state index is -0.437. The smallest absolute Gasteiger partial charge is 0.261 e. The molecule has 1 aromatic carbocycles. The van der Waals surface area contributed by atoms with Gasteiger partial charge in [-0.1, -0.05) is 15.9 Å². The SMILES string of the molecule is NC(=O)CCn1cnc2cc(Br)ccc2c1=O. The van der Waals surface area contributed by atoms with Crippen LogP contribution in [0.25, 0.3) is 10.9 Å². The fourth-order valence-corrected chi connectivity index (χ4v) is 1.87. The molecule has 0 saturated carbocycles. The van der Waals surface area contributed by atoms with Gasteiger partial charge in [0.15, 0.2) is 0 Å².